The van der Waals surface area contributed by atoms with E-state index in [1.807, 2.05) is 30.0 Å². The van der Waals surface area contributed by atoms with Crippen molar-refractivity contribution in [2.45, 2.75) is 20.3 Å². The second-order valence-corrected chi connectivity index (χ2v) is 6.24. The zero-order chi connectivity index (χ0) is 14.0. The molecule has 4 heteroatoms. The van der Waals surface area contributed by atoms with Gasteiger partial charge in [0.15, 0.2) is 0 Å². The Bertz CT molecular complexity index is 475. The summed E-state index contributed by atoms with van der Waals surface area (Å²) in [4.78, 5) is 14.5. The molecule has 1 amide bonds. The van der Waals surface area contributed by atoms with E-state index >= 15 is 0 Å². The van der Waals surface area contributed by atoms with Crippen LogP contribution in [0.4, 0.5) is 0 Å². The molecule has 0 aromatic heterocycles. The fourth-order valence-electron chi connectivity index (χ4n) is 2.62. The first-order chi connectivity index (χ1) is 9.04. The molecule has 1 fully saturated rings. The molecule has 3 nitrogen and oxygen atoms in total. The lowest BCUT2D eigenvalue weighted by Crippen LogP contribution is -2.45. The van der Waals surface area contributed by atoms with Crippen LogP contribution in [-0.2, 0) is 0 Å². The molecule has 0 spiro atoms. The minimum atomic E-state index is 0.112. The van der Waals surface area contributed by atoms with Crippen molar-refractivity contribution in [2.24, 2.45) is 17.6 Å². The van der Waals surface area contributed by atoms with Gasteiger partial charge < -0.3 is 10.6 Å². The summed E-state index contributed by atoms with van der Waals surface area (Å²) >= 11 is 3.52. The summed E-state index contributed by atoms with van der Waals surface area (Å²) in [6.07, 6.45) is 1.04. The molecule has 1 aromatic carbocycles. The van der Waals surface area contributed by atoms with Gasteiger partial charge in [0.2, 0.25) is 0 Å². The van der Waals surface area contributed by atoms with E-state index in [1.54, 1.807) is 0 Å². The topological polar surface area (TPSA) is 46.3 Å². The molecule has 1 aliphatic heterocycles. The lowest BCUT2D eigenvalue weighted by Gasteiger charge is -2.36. The van der Waals surface area contributed by atoms with E-state index < -0.39 is 0 Å². The van der Waals surface area contributed by atoms with Gasteiger partial charge in [0.05, 0.1) is 5.56 Å². The van der Waals surface area contributed by atoms with Crippen LogP contribution in [0, 0.1) is 18.8 Å². The summed E-state index contributed by atoms with van der Waals surface area (Å²) in [5.41, 5.74) is 7.65. The normalized spacial score (nSPS) is 23.5. The minimum Gasteiger partial charge on any atom is -0.338 e. The van der Waals surface area contributed by atoms with Crippen LogP contribution in [0.15, 0.2) is 22.7 Å². The number of benzene rings is 1. The van der Waals surface area contributed by atoms with Crippen molar-refractivity contribution in [1.29, 1.82) is 0 Å². The molecule has 1 aliphatic rings. The number of nitrogens with two attached hydrogens (primary N) is 1. The van der Waals surface area contributed by atoms with Gasteiger partial charge in [-0.1, -0.05) is 19.1 Å². The summed E-state index contributed by atoms with van der Waals surface area (Å²) in [7, 11) is 0. The van der Waals surface area contributed by atoms with Crippen LogP contribution in [-0.4, -0.2) is 30.4 Å². The monoisotopic (exact) mass is 324 g/mol. The summed E-state index contributed by atoms with van der Waals surface area (Å²) < 4.78 is 0.905. The number of hydrogen-bond donors (Lipinski definition) is 1. The first-order valence-electron chi connectivity index (χ1n) is 6.79. The van der Waals surface area contributed by atoms with Crippen molar-refractivity contribution >= 4 is 21.8 Å². The van der Waals surface area contributed by atoms with E-state index in [1.165, 1.54) is 0 Å². The summed E-state index contributed by atoms with van der Waals surface area (Å²) in [6, 6.07) is 5.82. The quantitative estimate of drug-likeness (QED) is 0.909. The average Bonchev–Trinajstić information content (AvgIpc) is 2.41. The van der Waals surface area contributed by atoms with Gasteiger partial charge in [0.1, 0.15) is 0 Å². The van der Waals surface area contributed by atoms with Crippen molar-refractivity contribution in [1.82, 2.24) is 4.90 Å². The number of nitrogens with zero attached hydrogens (tertiary/aromatic N) is 1. The molecule has 2 N–H and O–H groups in total. The van der Waals surface area contributed by atoms with Gasteiger partial charge >= 0.3 is 0 Å². The smallest absolute Gasteiger partial charge is 0.255 e. The molecule has 2 unspecified atom stereocenters. The van der Waals surface area contributed by atoms with Crippen LogP contribution in [0.1, 0.15) is 29.3 Å². The van der Waals surface area contributed by atoms with Gasteiger partial charge in [-0.3, -0.25) is 4.79 Å². The maximum absolute atomic E-state index is 12.6. The maximum Gasteiger partial charge on any atom is 0.255 e. The summed E-state index contributed by atoms with van der Waals surface area (Å²) in [6.45, 7) is 6.48. The highest BCUT2D eigenvalue weighted by Crippen LogP contribution is 2.27. The molecule has 0 radical (unpaired) electrons. The van der Waals surface area contributed by atoms with E-state index in [0.29, 0.717) is 18.4 Å². The number of likely N-dealkylation sites (tertiary alicyclic amines) is 1. The molecule has 0 aliphatic carbocycles. The van der Waals surface area contributed by atoms with E-state index in [4.69, 9.17) is 5.73 Å². The Balaban J connectivity index is 2.18. The van der Waals surface area contributed by atoms with Gasteiger partial charge in [0.25, 0.3) is 5.91 Å². The van der Waals surface area contributed by atoms with Crippen LogP contribution >= 0.6 is 15.9 Å². The van der Waals surface area contributed by atoms with Crippen molar-refractivity contribution in [2.75, 3.05) is 19.6 Å². The third-order valence-corrected chi connectivity index (χ3v) is 5.18. The van der Waals surface area contributed by atoms with Gasteiger partial charge in [-0.15, -0.1) is 0 Å². The maximum atomic E-state index is 12.6. The molecule has 2 atom stereocenters. The second-order valence-electron chi connectivity index (χ2n) is 5.45. The molecular weight excluding hydrogens is 304 g/mol. The first-order valence-corrected chi connectivity index (χ1v) is 7.58. The molecular formula is C15H21BrN2O. The SMILES string of the molecule is Cc1cccc(C(=O)N2CCC(C)C(CN)C2)c1Br. The van der Waals surface area contributed by atoms with E-state index in [2.05, 4.69) is 22.9 Å². The Morgan fingerprint density at radius 1 is 1.53 bits per heavy atom. The van der Waals surface area contributed by atoms with Crippen LogP contribution in [0.5, 0.6) is 0 Å². The van der Waals surface area contributed by atoms with Crippen LogP contribution < -0.4 is 5.73 Å². The van der Waals surface area contributed by atoms with Crippen molar-refractivity contribution < 1.29 is 4.79 Å². The Morgan fingerprint density at radius 3 is 2.95 bits per heavy atom. The number of halogens is 1. The lowest BCUT2D eigenvalue weighted by molar-refractivity contribution is 0.0617. The van der Waals surface area contributed by atoms with Crippen molar-refractivity contribution in [3.63, 3.8) is 0 Å². The summed E-state index contributed by atoms with van der Waals surface area (Å²) in [5.74, 6) is 1.14. The predicted octanol–water partition coefficient (Wildman–Crippen LogP) is 2.81. The van der Waals surface area contributed by atoms with E-state index in [9.17, 15) is 4.79 Å². The Morgan fingerprint density at radius 2 is 2.26 bits per heavy atom. The standard InChI is InChI=1S/C15H21BrN2O/c1-10-6-7-18(9-12(10)8-17)15(19)13-5-3-4-11(2)14(13)16/h3-5,10,12H,6-9,17H2,1-2H3. The lowest BCUT2D eigenvalue weighted by atomic mass is 9.87. The second kappa shape index (κ2) is 6.06. The summed E-state index contributed by atoms with van der Waals surface area (Å²) in [5, 5.41) is 0. The third kappa shape index (κ3) is 3.00. The molecule has 2 rings (SSSR count). The van der Waals surface area contributed by atoms with Gasteiger partial charge in [0, 0.05) is 17.6 Å². The molecule has 1 saturated heterocycles. The average molecular weight is 325 g/mol. The zero-order valence-electron chi connectivity index (χ0n) is 11.5. The Kier molecular flexibility index (Phi) is 4.63. The van der Waals surface area contributed by atoms with E-state index in [0.717, 1.165) is 35.1 Å². The number of hydrogen-bond acceptors (Lipinski definition) is 2. The third-order valence-electron chi connectivity index (χ3n) is 4.13. The fraction of sp³-hybridized carbons (Fsp3) is 0.533. The van der Waals surface area contributed by atoms with Crippen LogP contribution in [0.25, 0.3) is 0 Å². The Labute approximate surface area is 123 Å². The number of piperidine rings is 1. The zero-order valence-corrected chi connectivity index (χ0v) is 13.1. The van der Waals surface area contributed by atoms with Gasteiger partial charge in [-0.25, -0.2) is 0 Å². The molecule has 1 aromatic rings. The number of carbonyl (C=O) groups excluding carboxylic acids is 1. The minimum absolute atomic E-state index is 0.112. The predicted molar refractivity (Wildman–Crippen MR) is 81.1 cm³/mol. The highest BCUT2D eigenvalue weighted by Gasteiger charge is 2.29. The molecule has 19 heavy (non-hydrogen) atoms. The molecule has 1 heterocycles. The highest BCUT2D eigenvalue weighted by atomic mass is 79.9. The number of aryl methyl sites for hydroxylation is 1. The van der Waals surface area contributed by atoms with E-state index in [-0.39, 0.29) is 5.91 Å². The molecule has 0 bridgehead atoms. The number of amides is 1. The van der Waals surface area contributed by atoms with Crippen molar-refractivity contribution in [3.05, 3.63) is 33.8 Å². The Hall–Kier alpha value is -0.870. The largest absolute Gasteiger partial charge is 0.338 e. The van der Waals surface area contributed by atoms with Crippen LogP contribution in [0.2, 0.25) is 0 Å². The molecule has 0 saturated carbocycles. The number of rotatable bonds is 2. The van der Waals surface area contributed by atoms with Crippen molar-refractivity contribution in [3.8, 4) is 0 Å². The van der Waals surface area contributed by atoms with Gasteiger partial charge in [-0.05, 0) is 59.3 Å². The fourth-order valence-corrected chi connectivity index (χ4v) is 3.06. The number of carbonyl (C=O) groups is 1. The van der Waals surface area contributed by atoms with Crippen LogP contribution in [0.3, 0.4) is 0 Å². The van der Waals surface area contributed by atoms with Gasteiger partial charge in [-0.2, -0.15) is 0 Å². The highest BCUT2D eigenvalue weighted by molar-refractivity contribution is 9.10. The first kappa shape index (κ1) is 14.5. The molecule has 104 valence electrons.